The molecule has 0 saturated carbocycles. The summed E-state index contributed by atoms with van der Waals surface area (Å²) >= 11 is 0. The monoisotopic (exact) mass is 528 g/mol. The van der Waals surface area contributed by atoms with Gasteiger partial charge in [0.25, 0.3) is 0 Å². The first-order valence-electron chi connectivity index (χ1n) is 12.7. The third kappa shape index (κ3) is 5.87. The molecule has 0 radical (unpaired) electrons. The minimum Gasteiger partial charge on any atom is -0.455 e. The highest BCUT2D eigenvalue weighted by atomic mass is 16.5. The Morgan fingerprint density at radius 1 is 0.500 bits per heavy atom. The first-order valence-corrected chi connectivity index (χ1v) is 12.7. The second kappa shape index (κ2) is 11.2. The molecule has 0 aromatic heterocycles. The molecule has 5 aromatic carbocycles. The molecule has 6 heteroatoms. The van der Waals surface area contributed by atoms with E-state index in [1.807, 2.05) is 62.4 Å². The highest BCUT2D eigenvalue weighted by Crippen LogP contribution is 2.31. The van der Waals surface area contributed by atoms with Crippen molar-refractivity contribution in [2.45, 2.75) is 13.8 Å². The molecule has 0 aliphatic carbocycles. The Kier molecular flexibility index (Phi) is 7.33. The predicted molar refractivity (Wildman–Crippen MR) is 158 cm³/mol. The largest absolute Gasteiger partial charge is 0.455 e. The van der Waals surface area contributed by atoms with Crippen molar-refractivity contribution in [2.75, 3.05) is 11.5 Å². The molecule has 0 saturated heterocycles. The zero-order valence-corrected chi connectivity index (χ0v) is 22.2. The third-order valence-corrected chi connectivity index (χ3v) is 6.37. The van der Waals surface area contributed by atoms with Crippen molar-refractivity contribution in [3.63, 3.8) is 0 Å². The normalized spacial score (nSPS) is 10.7. The summed E-state index contributed by atoms with van der Waals surface area (Å²) in [6.07, 6.45) is 0. The van der Waals surface area contributed by atoms with E-state index in [0.29, 0.717) is 56.6 Å². The molecule has 0 amide bonds. The minimum absolute atomic E-state index is 0.259. The van der Waals surface area contributed by atoms with Gasteiger partial charge in [0, 0.05) is 22.3 Å². The standard InChI is InChI=1S/C34H28N2O4/c1-21-6-3-10-27(16-21)39-31-14-12-25(19-29(31)35)33(37)23-8-5-9-24(18-23)34(38)26-13-15-32(30(36)20-26)40-28-11-4-7-22(2)17-28/h3-20H,35-36H2,1-2H3. The van der Waals surface area contributed by atoms with Gasteiger partial charge < -0.3 is 20.9 Å². The van der Waals surface area contributed by atoms with Crippen LogP contribution in [0.4, 0.5) is 11.4 Å². The van der Waals surface area contributed by atoms with Crippen molar-refractivity contribution in [1.29, 1.82) is 0 Å². The Morgan fingerprint density at radius 2 is 0.900 bits per heavy atom. The van der Waals surface area contributed by atoms with E-state index in [0.717, 1.165) is 11.1 Å². The van der Waals surface area contributed by atoms with Crippen LogP contribution in [0.25, 0.3) is 0 Å². The third-order valence-electron chi connectivity index (χ3n) is 6.37. The summed E-state index contributed by atoms with van der Waals surface area (Å²) in [5.74, 6) is 1.71. The molecule has 0 bridgehead atoms. The molecule has 6 nitrogen and oxygen atoms in total. The number of benzene rings is 5. The second-order valence-electron chi connectivity index (χ2n) is 9.58. The molecular formula is C34H28N2O4. The quantitative estimate of drug-likeness (QED) is 0.159. The molecule has 198 valence electrons. The second-order valence-corrected chi connectivity index (χ2v) is 9.58. The minimum atomic E-state index is -0.259. The van der Waals surface area contributed by atoms with Gasteiger partial charge in [-0.15, -0.1) is 0 Å². The van der Waals surface area contributed by atoms with Gasteiger partial charge in [0.15, 0.2) is 11.6 Å². The van der Waals surface area contributed by atoms with Gasteiger partial charge in [0.05, 0.1) is 11.4 Å². The maximum atomic E-state index is 13.3. The van der Waals surface area contributed by atoms with Crippen LogP contribution in [0.5, 0.6) is 23.0 Å². The maximum absolute atomic E-state index is 13.3. The van der Waals surface area contributed by atoms with Gasteiger partial charge in [-0.25, -0.2) is 0 Å². The van der Waals surface area contributed by atoms with E-state index in [1.165, 1.54) is 0 Å². The van der Waals surface area contributed by atoms with E-state index >= 15 is 0 Å². The number of anilines is 2. The molecule has 0 aliphatic heterocycles. The van der Waals surface area contributed by atoms with Gasteiger partial charge in [-0.3, -0.25) is 9.59 Å². The summed E-state index contributed by atoms with van der Waals surface area (Å²) in [5.41, 5.74) is 16.7. The lowest BCUT2D eigenvalue weighted by molar-refractivity contribution is 0.103. The molecule has 5 rings (SSSR count). The van der Waals surface area contributed by atoms with Crippen molar-refractivity contribution in [3.8, 4) is 23.0 Å². The predicted octanol–water partition coefficient (Wildman–Crippen LogP) is 7.51. The van der Waals surface area contributed by atoms with E-state index < -0.39 is 0 Å². The number of nitrogen functional groups attached to an aromatic ring is 2. The Morgan fingerprint density at radius 3 is 1.30 bits per heavy atom. The molecule has 4 N–H and O–H groups in total. The summed E-state index contributed by atoms with van der Waals surface area (Å²) < 4.78 is 11.8. The van der Waals surface area contributed by atoms with Crippen LogP contribution in [0.1, 0.15) is 43.0 Å². The number of carbonyl (C=O) groups is 2. The Labute approximate surface area is 232 Å². The number of hydrogen-bond donors (Lipinski definition) is 2. The average molecular weight is 529 g/mol. The van der Waals surface area contributed by atoms with Gasteiger partial charge in [-0.2, -0.15) is 0 Å². The lowest BCUT2D eigenvalue weighted by Gasteiger charge is -2.11. The van der Waals surface area contributed by atoms with Crippen molar-refractivity contribution >= 4 is 22.9 Å². The fourth-order valence-corrected chi connectivity index (χ4v) is 4.31. The Balaban J connectivity index is 1.33. The fourth-order valence-electron chi connectivity index (χ4n) is 4.31. The van der Waals surface area contributed by atoms with Crippen molar-refractivity contribution < 1.29 is 19.1 Å². The number of rotatable bonds is 8. The highest BCUT2D eigenvalue weighted by molar-refractivity contribution is 6.13. The number of carbonyl (C=O) groups excluding carboxylic acids is 2. The number of nitrogens with two attached hydrogens (primary N) is 2. The van der Waals surface area contributed by atoms with Crippen molar-refractivity contribution in [1.82, 2.24) is 0 Å². The molecule has 0 heterocycles. The van der Waals surface area contributed by atoms with Crippen LogP contribution in [-0.4, -0.2) is 11.6 Å². The zero-order valence-electron chi connectivity index (χ0n) is 22.2. The van der Waals surface area contributed by atoms with Gasteiger partial charge in [-0.1, -0.05) is 42.5 Å². The maximum Gasteiger partial charge on any atom is 0.193 e. The molecule has 5 aromatic rings. The van der Waals surface area contributed by atoms with Crippen LogP contribution >= 0.6 is 0 Å². The van der Waals surface area contributed by atoms with Crippen LogP contribution in [-0.2, 0) is 0 Å². The first kappa shape index (κ1) is 26.3. The average Bonchev–Trinajstić information content (AvgIpc) is 2.94. The highest BCUT2D eigenvalue weighted by Gasteiger charge is 2.16. The van der Waals surface area contributed by atoms with Crippen LogP contribution in [0.15, 0.2) is 109 Å². The van der Waals surface area contributed by atoms with Gasteiger partial charge in [0.1, 0.15) is 23.0 Å². The van der Waals surface area contributed by atoms with Crippen LogP contribution in [0, 0.1) is 13.8 Å². The molecular weight excluding hydrogens is 500 g/mol. The topological polar surface area (TPSA) is 105 Å². The molecule has 0 fully saturated rings. The molecule has 0 spiro atoms. The number of hydrogen-bond acceptors (Lipinski definition) is 6. The smallest absolute Gasteiger partial charge is 0.193 e. The van der Waals surface area contributed by atoms with Crippen LogP contribution < -0.4 is 20.9 Å². The van der Waals surface area contributed by atoms with Gasteiger partial charge in [0.2, 0.25) is 0 Å². The summed E-state index contributed by atoms with van der Waals surface area (Å²) in [6, 6.07) is 31.6. The first-order chi connectivity index (χ1) is 19.3. The molecule has 0 aliphatic rings. The van der Waals surface area contributed by atoms with E-state index in [2.05, 4.69) is 0 Å². The van der Waals surface area contributed by atoms with Crippen LogP contribution in [0.2, 0.25) is 0 Å². The van der Waals surface area contributed by atoms with Crippen LogP contribution in [0.3, 0.4) is 0 Å². The molecule has 40 heavy (non-hydrogen) atoms. The van der Waals surface area contributed by atoms with Gasteiger partial charge >= 0.3 is 0 Å². The number of ketones is 2. The fraction of sp³-hybridized carbons (Fsp3) is 0.0588. The van der Waals surface area contributed by atoms with E-state index in [-0.39, 0.29) is 11.6 Å². The van der Waals surface area contributed by atoms with E-state index in [9.17, 15) is 9.59 Å². The Hall–Kier alpha value is -5.36. The number of ether oxygens (including phenoxy) is 2. The molecule has 0 atom stereocenters. The Bertz CT molecular complexity index is 1620. The van der Waals surface area contributed by atoms with E-state index in [1.54, 1.807) is 60.7 Å². The van der Waals surface area contributed by atoms with Crippen molar-refractivity contribution in [2.24, 2.45) is 0 Å². The van der Waals surface area contributed by atoms with Crippen molar-refractivity contribution in [3.05, 3.63) is 143 Å². The van der Waals surface area contributed by atoms with E-state index in [4.69, 9.17) is 20.9 Å². The SMILES string of the molecule is Cc1cccc(Oc2ccc(C(=O)c3cccc(C(=O)c4ccc(Oc5cccc(C)c5)c(N)c4)c3)cc2N)c1. The summed E-state index contributed by atoms with van der Waals surface area (Å²) in [4.78, 5) is 26.6. The van der Waals surface area contributed by atoms with Gasteiger partial charge in [-0.05, 0) is 91.7 Å². The summed E-state index contributed by atoms with van der Waals surface area (Å²) in [5, 5.41) is 0. The summed E-state index contributed by atoms with van der Waals surface area (Å²) in [7, 11) is 0. The lowest BCUT2D eigenvalue weighted by atomic mass is 9.97. The summed E-state index contributed by atoms with van der Waals surface area (Å²) in [6.45, 7) is 3.95. The molecule has 0 unspecified atom stereocenters. The lowest BCUT2D eigenvalue weighted by Crippen LogP contribution is -2.07. The zero-order chi connectivity index (χ0) is 28.2. The number of aryl methyl sites for hydroxylation is 2.